The quantitative estimate of drug-likeness (QED) is 0.268. The largest absolute Gasteiger partial charge is 0.485 e. The SMILES string of the molecule is O=C(O)c1ccnc(-c2cc(C(=O)O)cc(-c3nccc(-c4sc(-c5scc6c5OCCO6)c5c4OCCO5)n3)n2)c1. The molecule has 0 unspecified atom stereocenters. The van der Waals surface area contributed by atoms with Crippen LogP contribution in [0, 0.1) is 0 Å². The van der Waals surface area contributed by atoms with Gasteiger partial charge in [-0.25, -0.2) is 24.5 Å². The fraction of sp³-hybridized carbons (Fsp3) is 0.143. The highest BCUT2D eigenvalue weighted by atomic mass is 32.1. The van der Waals surface area contributed by atoms with Crippen molar-refractivity contribution < 1.29 is 38.7 Å². The Kier molecular flexibility index (Phi) is 6.40. The van der Waals surface area contributed by atoms with Gasteiger partial charge in [-0.3, -0.25) is 4.98 Å². The van der Waals surface area contributed by atoms with Crippen LogP contribution in [0.25, 0.3) is 43.2 Å². The number of pyridine rings is 2. The number of hydrogen-bond donors (Lipinski definition) is 2. The van der Waals surface area contributed by atoms with Crippen LogP contribution < -0.4 is 18.9 Å². The van der Waals surface area contributed by atoms with Crippen LogP contribution in [-0.2, 0) is 0 Å². The van der Waals surface area contributed by atoms with Crippen molar-refractivity contribution in [1.29, 1.82) is 0 Å². The number of carbonyl (C=O) groups is 2. The Bertz CT molecular complexity index is 1890. The predicted molar refractivity (Wildman–Crippen MR) is 151 cm³/mol. The number of aromatic nitrogens is 4. The molecule has 0 saturated carbocycles. The Morgan fingerprint density at radius 3 is 2.12 bits per heavy atom. The third kappa shape index (κ3) is 4.55. The van der Waals surface area contributed by atoms with Crippen molar-refractivity contribution in [2.45, 2.75) is 0 Å². The number of aromatic carboxylic acids is 2. The van der Waals surface area contributed by atoms with Crippen molar-refractivity contribution in [3.05, 3.63) is 59.2 Å². The van der Waals surface area contributed by atoms with Crippen molar-refractivity contribution in [3.8, 4) is 66.2 Å². The molecule has 14 heteroatoms. The van der Waals surface area contributed by atoms with E-state index in [1.54, 1.807) is 12.3 Å². The molecule has 0 fully saturated rings. The molecule has 0 bridgehead atoms. The summed E-state index contributed by atoms with van der Waals surface area (Å²) in [5, 5.41) is 21.1. The first kappa shape index (κ1) is 25.9. The maximum Gasteiger partial charge on any atom is 0.335 e. The summed E-state index contributed by atoms with van der Waals surface area (Å²) >= 11 is 2.92. The molecular formula is C28H18N4O8S2. The molecular weight excluding hydrogens is 584 g/mol. The zero-order valence-electron chi connectivity index (χ0n) is 21.4. The van der Waals surface area contributed by atoms with E-state index in [0.717, 1.165) is 9.75 Å². The summed E-state index contributed by atoms with van der Waals surface area (Å²) in [5.74, 6) is 0.328. The van der Waals surface area contributed by atoms with Gasteiger partial charge in [0.2, 0.25) is 0 Å². The van der Waals surface area contributed by atoms with E-state index in [4.69, 9.17) is 23.9 Å². The van der Waals surface area contributed by atoms with E-state index in [1.165, 1.54) is 53.1 Å². The lowest BCUT2D eigenvalue weighted by molar-refractivity contribution is 0.0686. The molecule has 5 aromatic rings. The Balaban J connectivity index is 1.33. The van der Waals surface area contributed by atoms with Crippen LogP contribution in [0.1, 0.15) is 20.7 Å². The molecule has 0 amide bonds. The number of carboxylic acid groups (broad SMARTS) is 2. The Labute approximate surface area is 244 Å². The van der Waals surface area contributed by atoms with Gasteiger partial charge in [-0.2, -0.15) is 0 Å². The van der Waals surface area contributed by atoms with Crippen LogP contribution in [0.3, 0.4) is 0 Å². The normalized spacial score (nSPS) is 13.5. The number of fused-ring (bicyclic) bond motifs is 2. The number of nitrogens with zero attached hydrogens (tertiary/aromatic N) is 4. The molecule has 0 atom stereocenters. The lowest BCUT2D eigenvalue weighted by Gasteiger charge is -2.18. The fourth-order valence-corrected chi connectivity index (χ4v) is 6.73. The Morgan fingerprint density at radius 2 is 1.33 bits per heavy atom. The van der Waals surface area contributed by atoms with Gasteiger partial charge >= 0.3 is 11.9 Å². The van der Waals surface area contributed by atoms with Gasteiger partial charge in [0.1, 0.15) is 32.1 Å². The summed E-state index contributed by atoms with van der Waals surface area (Å²) in [6.45, 7) is 1.69. The minimum atomic E-state index is -1.20. The second-order valence-corrected chi connectivity index (χ2v) is 10.9. The van der Waals surface area contributed by atoms with Gasteiger partial charge in [-0.15, -0.1) is 22.7 Å². The average molecular weight is 603 g/mol. The van der Waals surface area contributed by atoms with Crippen LogP contribution in [0.15, 0.2) is 48.1 Å². The number of thiophene rings is 2. The molecule has 0 aromatic carbocycles. The van der Waals surface area contributed by atoms with E-state index in [2.05, 4.69) is 15.0 Å². The molecule has 0 saturated heterocycles. The number of ether oxygens (including phenoxy) is 4. The summed E-state index contributed by atoms with van der Waals surface area (Å²) in [6, 6.07) is 7.07. The van der Waals surface area contributed by atoms with Crippen molar-refractivity contribution in [2.75, 3.05) is 26.4 Å². The number of carboxylic acids is 2. The minimum Gasteiger partial charge on any atom is -0.485 e. The minimum absolute atomic E-state index is 0.00760. The van der Waals surface area contributed by atoms with Gasteiger partial charge in [-0.05, 0) is 30.3 Å². The summed E-state index contributed by atoms with van der Waals surface area (Å²) < 4.78 is 23.7. The van der Waals surface area contributed by atoms with E-state index < -0.39 is 11.9 Å². The molecule has 12 nitrogen and oxygen atoms in total. The molecule has 0 spiro atoms. The molecule has 0 radical (unpaired) electrons. The van der Waals surface area contributed by atoms with Crippen molar-refractivity contribution in [2.24, 2.45) is 0 Å². The van der Waals surface area contributed by atoms with Gasteiger partial charge in [0, 0.05) is 17.8 Å². The molecule has 0 aliphatic carbocycles. The Morgan fingerprint density at radius 1 is 0.667 bits per heavy atom. The second kappa shape index (κ2) is 10.4. The highest BCUT2D eigenvalue weighted by molar-refractivity contribution is 7.24. The van der Waals surface area contributed by atoms with E-state index in [-0.39, 0.29) is 34.0 Å². The monoisotopic (exact) mass is 602 g/mol. The van der Waals surface area contributed by atoms with Crippen molar-refractivity contribution >= 4 is 34.6 Å². The molecule has 5 aromatic heterocycles. The summed E-state index contributed by atoms with van der Waals surface area (Å²) in [5.41, 5.74) is 0.976. The first-order chi connectivity index (χ1) is 20.5. The van der Waals surface area contributed by atoms with E-state index >= 15 is 0 Å². The molecule has 2 N–H and O–H groups in total. The highest BCUT2D eigenvalue weighted by Gasteiger charge is 2.31. The topological polar surface area (TPSA) is 163 Å². The van der Waals surface area contributed by atoms with Gasteiger partial charge < -0.3 is 29.2 Å². The standard InChI is InChI=1S/C28H18N4O8S2/c33-27(34)13-1-3-29-16(9-13)17-10-14(28(35)36)11-18(31-17)26-30-4-2-15(32-26)23-21-22(40-8-7-39-21)25(42-23)24-20-19(12-41-24)37-5-6-38-20/h1-4,9-12H,5-8H2,(H,33,34)(H,35,36). The lowest BCUT2D eigenvalue weighted by atomic mass is 10.1. The van der Waals surface area contributed by atoms with Gasteiger partial charge in [0.25, 0.3) is 0 Å². The van der Waals surface area contributed by atoms with Crippen LogP contribution in [0.4, 0.5) is 0 Å². The lowest BCUT2D eigenvalue weighted by Crippen LogP contribution is -2.15. The summed E-state index contributed by atoms with van der Waals surface area (Å²) in [4.78, 5) is 43.7. The third-order valence-corrected chi connectivity index (χ3v) is 8.64. The van der Waals surface area contributed by atoms with Crippen molar-refractivity contribution in [3.63, 3.8) is 0 Å². The summed E-state index contributed by atoms with van der Waals surface area (Å²) in [6.07, 6.45) is 2.88. The summed E-state index contributed by atoms with van der Waals surface area (Å²) in [7, 11) is 0. The van der Waals surface area contributed by atoms with Crippen molar-refractivity contribution in [1.82, 2.24) is 19.9 Å². The predicted octanol–water partition coefficient (Wildman–Crippen LogP) is 5.00. The van der Waals surface area contributed by atoms with Crippen LogP contribution in [0.5, 0.6) is 23.0 Å². The zero-order chi connectivity index (χ0) is 28.8. The molecule has 7 heterocycles. The zero-order valence-corrected chi connectivity index (χ0v) is 23.0. The van der Waals surface area contributed by atoms with E-state index in [0.29, 0.717) is 60.0 Å². The molecule has 42 heavy (non-hydrogen) atoms. The van der Waals surface area contributed by atoms with Crippen LogP contribution in [0.2, 0.25) is 0 Å². The molecule has 2 aliphatic heterocycles. The molecule has 2 aliphatic rings. The van der Waals surface area contributed by atoms with E-state index in [9.17, 15) is 19.8 Å². The molecule has 210 valence electrons. The maximum atomic E-state index is 12.0. The van der Waals surface area contributed by atoms with E-state index in [1.807, 2.05) is 5.38 Å². The first-order valence-corrected chi connectivity index (χ1v) is 14.2. The smallest absolute Gasteiger partial charge is 0.335 e. The Hall–Kier alpha value is -5.08. The highest BCUT2D eigenvalue weighted by Crippen LogP contribution is 2.58. The van der Waals surface area contributed by atoms with Crippen LogP contribution in [-0.4, -0.2) is 68.5 Å². The number of hydrogen-bond acceptors (Lipinski definition) is 12. The maximum absolute atomic E-state index is 12.0. The van der Waals surface area contributed by atoms with Gasteiger partial charge in [0.05, 0.1) is 42.8 Å². The fourth-order valence-electron chi connectivity index (χ4n) is 4.50. The first-order valence-electron chi connectivity index (χ1n) is 12.5. The average Bonchev–Trinajstić information content (AvgIpc) is 3.63. The second-order valence-electron chi connectivity index (χ2n) is 9.00. The third-order valence-electron chi connectivity index (χ3n) is 6.37. The molecule has 7 rings (SSSR count). The van der Waals surface area contributed by atoms with Gasteiger partial charge in [-0.1, -0.05) is 0 Å². The van der Waals surface area contributed by atoms with Crippen LogP contribution >= 0.6 is 22.7 Å². The number of rotatable bonds is 6. The van der Waals surface area contributed by atoms with Gasteiger partial charge in [0.15, 0.2) is 28.8 Å².